The number of benzene rings is 2. The first-order valence-electron chi connectivity index (χ1n) is 11.6. The Hall–Kier alpha value is -3.68. The predicted molar refractivity (Wildman–Crippen MR) is 124 cm³/mol. The molecule has 1 unspecified atom stereocenters. The number of anilines is 1. The second-order valence-electron chi connectivity index (χ2n) is 8.40. The van der Waals surface area contributed by atoms with Crippen LogP contribution in [-0.2, 0) is 19.1 Å². The number of imide groups is 1. The van der Waals surface area contributed by atoms with Gasteiger partial charge in [-0.15, -0.1) is 0 Å². The summed E-state index contributed by atoms with van der Waals surface area (Å²) in [5.74, 6) is -1.02. The summed E-state index contributed by atoms with van der Waals surface area (Å²) in [7, 11) is 0. The molecular formula is C26H28N2O6. The topological polar surface area (TPSA) is 93.2 Å². The van der Waals surface area contributed by atoms with E-state index in [0.717, 1.165) is 30.6 Å². The second-order valence-corrected chi connectivity index (χ2v) is 8.40. The van der Waals surface area contributed by atoms with Gasteiger partial charge in [-0.1, -0.05) is 31.0 Å². The molecule has 1 aliphatic carbocycles. The van der Waals surface area contributed by atoms with Gasteiger partial charge in [0.05, 0.1) is 24.3 Å². The van der Waals surface area contributed by atoms with Crippen LogP contribution >= 0.6 is 0 Å². The fourth-order valence-electron chi connectivity index (χ4n) is 4.62. The van der Waals surface area contributed by atoms with Crippen molar-refractivity contribution < 1.29 is 28.7 Å². The maximum Gasteiger partial charge on any atom is 0.338 e. The van der Waals surface area contributed by atoms with E-state index in [0.29, 0.717) is 17.0 Å². The Balaban J connectivity index is 1.52. The molecule has 4 rings (SSSR count). The van der Waals surface area contributed by atoms with Crippen LogP contribution in [0, 0.1) is 0 Å². The third kappa shape index (κ3) is 4.95. The van der Waals surface area contributed by atoms with Crippen molar-refractivity contribution in [1.82, 2.24) is 4.90 Å². The lowest BCUT2D eigenvalue weighted by atomic mass is 10.1. The third-order valence-electron chi connectivity index (χ3n) is 6.21. The molecule has 3 amide bonds. The van der Waals surface area contributed by atoms with Gasteiger partial charge < -0.3 is 14.4 Å². The number of esters is 1. The summed E-state index contributed by atoms with van der Waals surface area (Å²) < 4.78 is 10.6. The van der Waals surface area contributed by atoms with E-state index in [-0.39, 0.29) is 37.5 Å². The molecule has 1 aliphatic heterocycles. The zero-order valence-electron chi connectivity index (χ0n) is 19.1. The molecule has 0 bridgehead atoms. The maximum absolute atomic E-state index is 13.4. The van der Waals surface area contributed by atoms with E-state index in [1.54, 1.807) is 36.1 Å². The van der Waals surface area contributed by atoms with Gasteiger partial charge in [-0.3, -0.25) is 14.4 Å². The molecule has 8 nitrogen and oxygen atoms in total. The van der Waals surface area contributed by atoms with E-state index in [2.05, 4.69) is 0 Å². The summed E-state index contributed by atoms with van der Waals surface area (Å²) in [5, 5.41) is 0. The average molecular weight is 465 g/mol. The van der Waals surface area contributed by atoms with Gasteiger partial charge in [0.2, 0.25) is 5.91 Å². The molecule has 0 aromatic heterocycles. The molecule has 1 atom stereocenters. The first-order chi connectivity index (χ1) is 16.5. The SMILES string of the molecule is CCOC(=O)c1ccc(N2C(=O)CC(N(C(=O)COc3ccccc3)C3CCCC3)C2=O)cc1. The van der Waals surface area contributed by atoms with Crippen molar-refractivity contribution in [3.05, 3.63) is 60.2 Å². The van der Waals surface area contributed by atoms with E-state index < -0.39 is 17.9 Å². The molecular weight excluding hydrogens is 436 g/mol. The fourth-order valence-corrected chi connectivity index (χ4v) is 4.62. The molecule has 178 valence electrons. The van der Waals surface area contributed by atoms with Crippen molar-refractivity contribution in [3.8, 4) is 5.75 Å². The number of amides is 3. The number of carbonyl (C=O) groups excluding carboxylic acids is 4. The Kier molecular flexibility index (Phi) is 7.25. The summed E-state index contributed by atoms with van der Waals surface area (Å²) in [4.78, 5) is 54.1. The highest BCUT2D eigenvalue weighted by Crippen LogP contribution is 2.32. The lowest BCUT2D eigenvalue weighted by Gasteiger charge is -2.33. The summed E-state index contributed by atoms with van der Waals surface area (Å²) in [6, 6.07) is 14.2. The zero-order valence-corrected chi connectivity index (χ0v) is 19.1. The van der Waals surface area contributed by atoms with Crippen molar-refractivity contribution >= 4 is 29.4 Å². The van der Waals surface area contributed by atoms with E-state index in [4.69, 9.17) is 9.47 Å². The van der Waals surface area contributed by atoms with Crippen LogP contribution in [0.5, 0.6) is 5.75 Å². The van der Waals surface area contributed by atoms with Crippen molar-refractivity contribution in [2.75, 3.05) is 18.1 Å². The van der Waals surface area contributed by atoms with Gasteiger partial charge in [0.15, 0.2) is 6.61 Å². The molecule has 0 N–H and O–H groups in total. The summed E-state index contributed by atoms with van der Waals surface area (Å²) >= 11 is 0. The Morgan fingerprint density at radius 2 is 1.68 bits per heavy atom. The molecule has 2 fully saturated rings. The van der Waals surface area contributed by atoms with E-state index >= 15 is 0 Å². The van der Waals surface area contributed by atoms with Crippen LogP contribution in [0.25, 0.3) is 0 Å². The van der Waals surface area contributed by atoms with Crippen LogP contribution in [0.3, 0.4) is 0 Å². The summed E-state index contributed by atoms with van der Waals surface area (Å²) in [6.07, 6.45) is 3.46. The normalized spacial score (nSPS) is 18.3. The summed E-state index contributed by atoms with van der Waals surface area (Å²) in [5.41, 5.74) is 0.701. The molecule has 1 saturated carbocycles. The minimum absolute atomic E-state index is 0.0773. The number of para-hydroxylation sites is 1. The van der Waals surface area contributed by atoms with E-state index in [1.807, 2.05) is 18.2 Å². The molecule has 1 heterocycles. The lowest BCUT2D eigenvalue weighted by molar-refractivity contribution is -0.142. The van der Waals surface area contributed by atoms with Gasteiger partial charge in [0, 0.05) is 6.04 Å². The molecule has 34 heavy (non-hydrogen) atoms. The third-order valence-corrected chi connectivity index (χ3v) is 6.21. The predicted octanol–water partition coefficient (Wildman–Crippen LogP) is 3.35. The van der Waals surface area contributed by atoms with Crippen molar-refractivity contribution in [2.45, 2.75) is 51.1 Å². The highest BCUT2D eigenvalue weighted by atomic mass is 16.5. The standard InChI is InChI=1S/C26H28N2O6/c1-2-33-26(32)18-12-14-20(15-13-18)28-23(29)16-22(25(28)31)27(19-8-6-7-9-19)24(30)17-34-21-10-4-3-5-11-21/h3-5,10-15,19,22H,2,6-9,16-17H2,1H3. The van der Waals surface area contributed by atoms with Gasteiger partial charge in [0.25, 0.3) is 11.8 Å². The van der Waals surface area contributed by atoms with E-state index in [1.165, 1.54) is 12.1 Å². The van der Waals surface area contributed by atoms with Crippen LogP contribution in [0.15, 0.2) is 54.6 Å². The average Bonchev–Trinajstić information content (AvgIpc) is 3.47. The highest BCUT2D eigenvalue weighted by Gasteiger charge is 2.46. The molecule has 2 aromatic carbocycles. The maximum atomic E-state index is 13.4. The number of nitrogens with zero attached hydrogens (tertiary/aromatic N) is 2. The number of carbonyl (C=O) groups is 4. The van der Waals surface area contributed by atoms with Gasteiger partial charge in [-0.25, -0.2) is 9.69 Å². The minimum atomic E-state index is -0.868. The summed E-state index contributed by atoms with van der Waals surface area (Å²) in [6.45, 7) is 1.77. The molecule has 1 saturated heterocycles. The highest BCUT2D eigenvalue weighted by molar-refractivity contribution is 6.23. The van der Waals surface area contributed by atoms with Gasteiger partial charge >= 0.3 is 5.97 Å². The van der Waals surface area contributed by atoms with Crippen LogP contribution in [0.2, 0.25) is 0 Å². The smallest absolute Gasteiger partial charge is 0.338 e. The van der Waals surface area contributed by atoms with Gasteiger partial charge in [0.1, 0.15) is 11.8 Å². The fraction of sp³-hybridized carbons (Fsp3) is 0.385. The number of hydrogen-bond acceptors (Lipinski definition) is 6. The largest absolute Gasteiger partial charge is 0.484 e. The molecule has 2 aromatic rings. The Morgan fingerprint density at radius 3 is 2.32 bits per heavy atom. The van der Waals surface area contributed by atoms with Gasteiger partial charge in [-0.05, 0) is 56.2 Å². The van der Waals surface area contributed by atoms with Crippen molar-refractivity contribution in [3.63, 3.8) is 0 Å². The number of hydrogen-bond donors (Lipinski definition) is 0. The quantitative estimate of drug-likeness (QED) is 0.439. The Morgan fingerprint density at radius 1 is 1.00 bits per heavy atom. The van der Waals surface area contributed by atoms with Gasteiger partial charge in [-0.2, -0.15) is 0 Å². The lowest BCUT2D eigenvalue weighted by Crippen LogP contribution is -2.51. The van der Waals surface area contributed by atoms with Crippen LogP contribution in [0.1, 0.15) is 49.4 Å². The molecule has 8 heteroatoms. The number of ether oxygens (including phenoxy) is 2. The van der Waals surface area contributed by atoms with Crippen LogP contribution in [-0.4, -0.2) is 53.9 Å². The Labute approximate surface area is 198 Å². The minimum Gasteiger partial charge on any atom is -0.484 e. The monoisotopic (exact) mass is 464 g/mol. The first kappa shape index (κ1) is 23.5. The van der Waals surface area contributed by atoms with Crippen LogP contribution in [0.4, 0.5) is 5.69 Å². The first-order valence-corrected chi connectivity index (χ1v) is 11.6. The van der Waals surface area contributed by atoms with E-state index in [9.17, 15) is 19.2 Å². The molecule has 0 spiro atoms. The number of rotatable bonds is 8. The molecule has 2 aliphatic rings. The van der Waals surface area contributed by atoms with Crippen molar-refractivity contribution in [1.29, 1.82) is 0 Å². The second kappa shape index (κ2) is 10.5. The zero-order chi connectivity index (χ0) is 24.1. The van der Waals surface area contributed by atoms with Crippen LogP contribution < -0.4 is 9.64 Å². The van der Waals surface area contributed by atoms with Crippen molar-refractivity contribution in [2.24, 2.45) is 0 Å². The Bertz CT molecular complexity index is 1050. The molecule has 0 radical (unpaired) electrons.